The SMILES string of the molecule is CO[PH](=O)OC[C@@H]1C[C@@H](O[PH](=O)S)[C@H](NC=N)O1. The van der Waals surface area contributed by atoms with Crippen LogP contribution in [0, 0.1) is 5.41 Å². The molecule has 8 nitrogen and oxygen atoms in total. The summed E-state index contributed by atoms with van der Waals surface area (Å²) in [6.45, 7) is 0.0786. The zero-order chi connectivity index (χ0) is 13.5. The highest BCUT2D eigenvalue weighted by Gasteiger charge is 2.36. The van der Waals surface area contributed by atoms with Gasteiger partial charge >= 0.3 is 8.25 Å². The minimum absolute atomic E-state index is 0.0786. The van der Waals surface area contributed by atoms with E-state index in [9.17, 15) is 9.13 Å². The fourth-order valence-corrected chi connectivity index (χ4v) is 2.85. The molecule has 0 bridgehead atoms. The molecule has 2 N–H and O–H groups in total. The van der Waals surface area contributed by atoms with Crippen molar-refractivity contribution < 1.29 is 27.4 Å². The number of rotatable bonds is 8. The molecule has 2 unspecified atom stereocenters. The zero-order valence-corrected chi connectivity index (χ0v) is 12.5. The van der Waals surface area contributed by atoms with E-state index in [-0.39, 0.29) is 12.7 Å². The van der Waals surface area contributed by atoms with Gasteiger partial charge < -0.3 is 23.6 Å². The zero-order valence-electron chi connectivity index (χ0n) is 9.62. The van der Waals surface area contributed by atoms with E-state index in [0.717, 1.165) is 6.34 Å². The Labute approximate surface area is 111 Å². The van der Waals surface area contributed by atoms with Crippen molar-refractivity contribution >= 4 is 34.1 Å². The summed E-state index contributed by atoms with van der Waals surface area (Å²) < 4.78 is 41.9. The molecule has 0 spiro atoms. The maximum atomic E-state index is 11.0. The molecule has 18 heavy (non-hydrogen) atoms. The Morgan fingerprint density at radius 3 is 2.89 bits per heavy atom. The minimum atomic E-state index is -2.49. The highest BCUT2D eigenvalue weighted by Crippen LogP contribution is 2.35. The van der Waals surface area contributed by atoms with Gasteiger partial charge in [0.1, 0.15) is 6.10 Å². The Morgan fingerprint density at radius 2 is 2.33 bits per heavy atom. The molecule has 1 saturated heterocycles. The average molecular weight is 318 g/mol. The Morgan fingerprint density at radius 1 is 1.61 bits per heavy atom. The molecule has 0 saturated carbocycles. The summed E-state index contributed by atoms with van der Waals surface area (Å²) in [6, 6.07) is 0. The van der Waals surface area contributed by atoms with Gasteiger partial charge in [0.15, 0.2) is 6.23 Å². The summed E-state index contributed by atoms with van der Waals surface area (Å²) in [5.74, 6) is 0. The van der Waals surface area contributed by atoms with Gasteiger partial charge in [-0.1, -0.05) is 12.2 Å². The van der Waals surface area contributed by atoms with Crippen LogP contribution in [0.15, 0.2) is 0 Å². The first-order valence-electron chi connectivity index (χ1n) is 5.07. The molecule has 0 aromatic rings. The highest BCUT2D eigenvalue weighted by molar-refractivity contribution is 8.39. The fraction of sp³-hybridized carbons (Fsp3) is 0.857. The third-order valence-electron chi connectivity index (χ3n) is 2.23. The van der Waals surface area contributed by atoms with Gasteiger partial charge in [0, 0.05) is 13.5 Å². The van der Waals surface area contributed by atoms with Gasteiger partial charge in [0.2, 0.25) is 7.23 Å². The van der Waals surface area contributed by atoms with E-state index in [1.54, 1.807) is 0 Å². The van der Waals surface area contributed by atoms with Gasteiger partial charge in [-0.25, -0.2) is 0 Å². The Hall–Kier alpha value is 0.120. The number of thiol groups is 1. The number of nitrogens with one attached hydrogen (secondary N) is 2. The molecule has 1 fully saturated rings. The van der Waals surface area contributed by atoms with E-state index in [1.807, 2.05) is 0 Å². The van der Waals surface area contributed by atoms with Crippen LogP contribution in [0.5, 0.6) is 0 Å². The third kappa shape index (κ3) is 5.40. The van der Waals surface area contributed by atoms with Gasteiger partial charge in [0.25, 0.3) is 0 Å². The van der Waals surface area contributed by atoms with Crippen molar-refractivity contribution in [3.05, 3.63) is 0 Å². The second-order valence-corrected chi connectivity index (χ2v) is 6.47. The Bertz CT molecular complexity index is 333. The predicted octanol–water partition coefficient (Wildman–Crippen LogP) is 1.06. The van der Waals surface area contributed by atoms with Crippen LogP contribution in [-0.4, -0.2) is 38.5 Å². The molecule has 0 amide bonds. The summed E-state index contributed by atoms with van der Waals surface area (Å²) in [6.07, 6.45) is -0.0958. The topological polar surface area (TPSA) is 107 Å². The van der Waals surface area contributed by atoms with Gasteiger partial charge in [0.05, 0.1) is 19.0 Å². The van der Waals surface area contributed by atoms with Crippen molar-refractivity contribution in [1.29, 1.82) is 5.41 Å². The molecule has 0 aromatic carbocycles. The standard InChI is InChI=1S/C7H16N2O6P2S/c1-12-16(10)13-3-5-2-6(15-17(11)18)7(14-5)9-4-8/h4-7,16-17H,2-3H2,1H3,(H2,8,9)(H,11,18)/t5-,6+,7+/m0/s1. The molecule has 5 atom stereocenters. The first-order chi connectivity index (χ1) is 8.56. The summed E-state index contributed by atoms with van der Waals surface area (Å²) in [5.41, 5.74) is 0. The normalized spacial score (nSPS) is 30.9. The quantitative estimate of drug-likeness (QED) is 0.266. The largest absolute Gasteiger partial charge is 0.350 e. The monoisotopic (exact) mass is 318 g/mol. The highest BCUT2D eigenvalue weighted by atomic mass is 32.7. The molecule has 1 aliphatic heterocycles. The lowest BCUT2D eigenvalue weighted by Crippen LogP contribution is -2.36. The average Bonchev–Trinajstić information content (AvgIpc) is 2.68. The van der Waals surface area contributed by atoms with Crippen LogP contribution in [0.2, 0.25) is 0 Å². The summed E-state index contributed by atoms with van der Waals surface area (Å²) >= 11 is 3.70. The lowest BCUT2D eigenvalue weighted by atomic mass is 10.2. The van der Waals surface area contributed by atoms with Crippen molar-refractivity contribution in [2.45, 2.75) is 24.9 Å². The first-order valence-corrected chi connectivity index (χ1v) is 8.90. The predicted molar refractivity (Wildman–Crippen MR) is 70.0 cm³/mol. The van der Waals surface area contributed by atoms with Crippen LogP contribution in [0.3, 0.4) is 0 Å². The van der Waals surface area contributed by atoms with E-state index in [4.69, 9.17) is 19.2 Å². The van der Waals surface area contributed by atoms with E-state index in [0.29, 0.717) is 6.42 Å². The Balaban J connectivity index is 2.46. The summed E-state index contributed by atoms with van der Waals surface area (Å²) in [7, 11) is -3.60. The molecular weight excluding hydrogens is 302 g/mol. The second-order valence-electron chi connectivity index (χ2n) is 3.41. The van der Waals surface area contributed by atoms with E-state index >= 15 is 0 Å². The van der Waals surface area contributed by atoms with E-state index in [2.05, 4.69) is 22.1 Å². The second kappa shape index (κ2) is 8.32. The number of hydrogen-bond donors (Lipinski definition) is 3. The van der Waals surface area contributed by atoms with E-state index < -0.39 is 27.8 Å². The van der Waals surface area contributed by atoms with Crippen LogP contribution in [0.4, 0.5) is 0 Å². The number of hydrogen-bond acceptors (Lipinski definition) is 7. The number of ether oxygens (including phenoxy) is 1. The molecule has 1 aliphatic rings. The van der Waals surface area contributed by atoms with Gasteiger partial charge in [-0.2, -0.15) is 0 Å². The lowest BCUT2D eigenvalue weighted by Gasteiger charge is -2.17. The summed E-state index contributed by atoms with van der Waals surface area (Å²) in [4.78, 5) is 0. The van der Waals surface area contributed by atoms with Gasteiger partial charge in [-0.15, -0.1) is 0 Å². The maximum absolute atomic E-state index is 11.0. The van der Waals surface area contributed by atoms with Crippen LogP contribution in [0.1, 0.15) is 6.42 Å². The van der Waals surface area contributed by atoms with Crippen LogP contribution < -0.4 is 5.32 Å². The fourth-order valence-electron chi connectivity index (χ4n) is 1.53. The minimum Gasteiger partial charge on any atom is -0.350 e. The molecule has 0 aromatic heterocycles. The van der Waals surface area contributed by atoms with E-state index in [1.165, 1.54) is 7.11 Å². The van der Waals surface area contributed by atoms with Crippen LogP contribution in [0.25, 0.3) is 0 Å². The van der Waals surface area contributed by atoms with Gasteiger partial charge in [-0.3, -0.25) is 14.5 Å². The molecule has 0 radical (unpaired) electrons. The molecule has 1 rings (SSSR count). The van der Waals surface area contributed by atoms with Crippen molar-refractivity contribution in [2.24, 2.45) is 0 Å². The molecule has 1 heterocycles. The summed E-state index contributed by atoms with van der Waals surface area (Å²) in [5, 5.41) is 9.56. The van der Waals surface area contributed by atoms with Crippen molar-refractivity contribution in [3.63, 3.8) is 0 Å². The first kappa shape index (κ1) is 16.2. The Kier molecular flexibility index (Phi) is 7.48. The van der Waals surface area contributed by atoms with Crippen LogP contribution in [-0.2, 0) is 27.4 Å². The van der Waals surface area contributed by atoms with Crippen molar-refractivity contribution in [1.82, 2.24) is 5.32 Å². The lowest BCUT2D eigenvalue weighted by molar-refractivity contribution is -0.00688. The van der Waals surface area contributed by atoms with Crippen LogP contribution >= 0.6 is 27.7 Å². The third-order valence-corrected chi connectivity index (χ3v) is 3.78. The van der Waals surface area contributed by atoms with Gasteiger partial charge in [-0.05, 0) is 0 Å². The van der Waals surface area contributed by atoms with Crippen molar-refractivity contribution in [3.8, 4) is 0 Å². The molecule has 11 heteroatoms. The maximum Gasteiger partial charge on any atom is 0.318 e. The molecule has 106 valence electrons. The molecular formula is C7H16N2O6P2S. The molecule has 0 aliphatic carbocycles. The van der Waals surface area contributed by atoms with Crippen molar-refractivity contribution in [2.75, 3.05) is 13.7 Å². The smallest absolute Gasteiger partial charge is 0.318 e.